The van der Waals surface area contributed by atoms with Gasteiger partial charge in [-0.05, 0) is 26.0 Å². The van der Waals surface area contributed by atoms with Crippen molar-refractivity contribution in [3.05, 3.63) is 23.8 Å². The molecule has 0 fully saturated rings. The number of nitrogens with zero attached hydrogens (tertiary/aromatic N) is 1. The fraction of sp³-hybridized carbons (Fsp3) is 0.417. The largest absolute Gasteiger partial charge is 0.494 e. The van der Waals surface area contributed by atoms with Gasteiger partial charge < -0.3 is 15.4 Å². The molecule has 0 atom stereocenters. The number of ether oxygens (including phenoxy) is 1. The lowest BCUT2D eigenvalue weighted by atomic mass is 10.1. The molecule has 1 aromatic carbocycles. The van der Waals surface area contributed by atoms with Gasteiger partial charge in [0.05, 0.1) is 18.4 Å². The van der Waals surface area contributed by atoms with Crippen molar-refractivity contribution < 1.29 is 9.53 Å². The fourth-order valence-electron chi connectivity index (χ4n) is 1.38. The van der Waals surface area contributed by atoms with Gasteiger partial charge in [-0.25, -0.2) is 0 Å². The summed E-state index contributed by atoms with van der Waals surface area (Å²) in [6, 6.07) is 5.32. The van der Waals surface area contributed by atoms with E-state index in [9.17, 15) is 4.79 Å². The second kappa shape index (κ2) is 4.88. The minimum atomic E-state index is -0.0841. The molecule has 0 aliphatic heterocycles. The summed E-state index contributed by atoms with van der Waals surface area (Å²) in [6.07, 6.45) is 0. The van der Waals surface area contributed by atoms with Gasteiger partial charge in [0.25, 0.3) is 5.91 Å². The molecule has 0 heterocycles. The molecular formula is C12H18N2O2. The number of rotatable bonds is 3. The summed E-state index contributed by atoms with van der Waals surface area (Å²) in [5.74, 6) is 0.360. The number of methoxy groups -OCH3 is 1. The predicted octanol–water partition coefficient (Wildman–Crippen LogP) is 1.76. The molecule has 16 heavy (non-hydrogen) atoms. The second-order valence-electron chi connectivity index (χ2n) is 3.94. The lowest BCUT2D eigenvalue weighted by Crippen LogP contribution is -2.33. The van der Waals surface area contributed by atoms with Gasteiger partial charge in [0.2, 0.25) is 0 Å². The van der Waals surface area contributed by atoms with E-state index in [0.717, 1.165) is 0 Å². The van der Waals surface area contributed by atoms with Crippen molar-refractivity contribution in [2.75, 3.05) is 19.9 Å². The van der Waals surface area contributed by atoms with Crippen LogP contribution in [0, 0.1) is 0 Å². The third-order valence-electron chi connectivity index (χ3n) is 2.57. The first kappa shape index (κ1) is 12.4. The van der Waals surface area contributed by atoms with Crippen molar-refractivity contribution in [1.82, 2.24) is 4.90 Å². The Morgan fingerprint density at radius 3 is 2.56 bits per heavy atom. The lowest BCUT2D eigenvalue weighted by Gasteiger charge is -2.22. The molecule has 2 N–H and O–H groups in total. The Hall–Kier alpha value is -1.71. The molecule has 0 bridgehead atoms. The molecule has 0 aliphatic rings. The molecule has 0 aliphatic carbocycles. The third-order valence-corrected chi connectivity index (χ3v) is 2.57. The Labute approximate surface area is 96.0 Å². The highest BCUT2D eigenvalue weighted by molar-refractivity contribution is 5.98. The van der Waals surface area contributed by atoms with Crippen LogP contribution in [0.5, 0.6) is 5.75 Å². The maximum atomic E-state index is 12.1. The molecule has 88 valence electrons. The van der Waals surface area contributed by atoms with Crippen LogP contribution in [0.2, 0.25) is 0 Å². The van der Waals surface area contributed by atoms with Gasteiger partial charge in [-0.1, -0.05) is 6.07 Å². The highest BCUT2D eigenvalue weighted by Crippen LogP contribution is 2.27. The van der Waals surface area contributed by atoms with Crippen molar-refractivity contribution in [3.8, 4) is 5.75 Å². The highest BCUT2D eigenvalue weighted by Gasteiger charge is 2.19. The van der Waals surface area contributed by atoms with Crippen molar-refractivity contribution >= 4 is 11.6 Å². The van der Waals surface area contributed by atoms with E-state index in [1.54, 1.807) is 30.1 Å². The van der Waals surface area contributed by atoms with Gasteiger partial charge in [-0.2, -0.15) is 0 Å². The fourth-order valence-corrected chi connectivity index (χ4v) is 1.38. The molecule has 0 saturated carbocycles. The predicted molar refractivity (Wildman–Crippen MR) is 64.6 cm³/mol. The Morgan fingerprint density at radius 2 is 2.06 bits per heavy atom. The number of amides is 1. The second-order valence-corrected chi connectivity index (χ2v) is 3.94. The summed E-state index contributed by atoms with van der Waals surface area (Å²) in [6.45, 7) is 3.91. The topological polar surface area (TPSA) is 55.6 Å². The number of carbonyl (C=O) groups excluding carboxylic acids is 1. The third kappa shape index (κ3) is 2.27. The summed E-state index contributed by atoms with van der Waals surface area (Å²) >= 11 is 0. The molecule has 4 heteroatoms. The molecule has 0 aromatic heterocycles. The first-order valence-electron chi connectivity index (χ1n) is 5.18. The van der Waals surface area contributed by atoms with Gasteiger partial charge in [-0.15, -0.1) is 0 Å². The standard InChI is InChI=1S/C12H18N2O2/c1-8(2)14(3)12(15)9-6-5-7-10(13)11(9)16-4/h5-8H,13H2,1-4H3. The van der Waals surface area contributed by atoms with Crippen LogP contribution in [0.1, 0.15) is 24.2 Å². The zero-order valence-electron chi connectivity index (χ0n) is 10.2. The quantitative estimate of drug-likeness (QED) is 0.793. The number of anilines is 1. The van der Waals surface area contributed by atoms with Crippen LogP contribution in [0.25, 0.3) is 0 Å². The Morgan fingerprint density at radius 1 is 1.44 bits per heavy atom. The number of hydrogen-bond donors (Lipinski definition) is 1. The van der Waals surface area contributed by atoms with Crippen molar-refractivity contribution in [2.45, 2.75) is 19.9 Å². The number of benzene rings is 1. The normalized spacial score (nSPS) is 10.3. The van der Waals surface area contributed by atoms with E-state index in [4.69, 9.17) is 10.5 Å². The minimum Gasteiger partial charge on any atom is -0.494 e. The maximum absolute atomic E-state index is 12.1. The van der Waals surface area contributed by atoms with Crippen molar-refractivity contribution in [2.24, 2.45) is 0 Å². The molecule has 4 nitrogen and oxygen atoms in total. The molecule has 1 rings (SSSR count). The van der Waals surface area contributed by atoms with E-state index in [0.29, 0.717) is 17.0 Å². The molecular weight excluding hydrogens is 204 g/mol. The lowest BCUT2D eigenvalue weighted by molar-refractivity contribution is 0.0751. The Balaban J connectivity index is 3.13. The SMILES string of the molecule is COc1c(N)cccc1C(=O)N(C)C(C)C. The van der Waals surface area contributed by atoms with Crippen LogP contribution in [0.4, 0.5) is 5.69 Å². The first-order valence-corrected chi connectivity index (χ1v) is 5.18. The molecule has 0 unspecified atom stereocenters. The summed E-state index contributed by atoms with van der Waals surface area (Å²) in [5.41, 5.74) is 6.73. The van der Waals surface area contributed by atoms with Gasteiger partial charge in [-0.3, -0.25) is 4.79 Å². The molecule has 1 aromatic rings. The average Bonchev–Trinajstić information content (AvgIpc) is 2.26. The van der Waals surface area contributed by atoms with Crippen molar-refractivity contribution in [3.63, 3.8) is 0 Å². The van der Waals surface area contributed by atoms with Crippen LogP contribution in [0.15, 0.2) is 18.2 Å². The number of hydrogen-bond acceptors (Lipinski definition) is 3. The summed E-state index contributed by atoms with van der Waals surface area (Å²) in [4.78, 5) is 13.8. The van der Waals surface area contributed by atoms with Crippen molar-refractivity contribution in [1.29, 1.82) is 0 Å². The minimum absolute atomic E-state index is 0.0841. The number of nitrogens with two attached hydrogens (primary N) is 1. The average molecular weight is 222 g/mol. The monoisotopic (exact) mass is 222 g/mol. The van der Waals surface area contributed by atoms with Gasteiger partial charge >= 0.3 is 0 Å². The van der Waals surface area contributed by atoms with Gasteiger partial charge in [0, 0.05) is 13.1 Å². The summed E-state index contributed by atoms with van der Waals surface area (Å²) < 4.78 is 5.15. The maximum Gasteiger partial charge on any atom is 0.257 e. The van der Waals surface area contributed by atoms with E-state index in [1.165, 1.54) is 7.11 Å². The van der Waals surface area contributed by atoms with Crippen LogP contribution >= 0.6 is 0 Å². The zero-order chi connectivity index (χ0) is 12.3. The van der Waals surface area contributed by atoms with Crippen LogP contribution < -0.4 is 10.5 Å². The first-order chi connectivity index (χ1) is 7.49. The number of carbonyl (C=O) groups is 1. The van der Waals surface area contributed by atoms with Crippen LogP contribution in [-0.4, -0.2) is 31.0 Å². The molecule has 1 amide bonds. The van der Waals surface area contributed by atoms with Gasteiger partial charge in [0.15, 0.2) is 5.75 Å². The van der Waals surface area contributed by atoms with E-state index >= 15 is 0 Å². The Kier molecular flexibility index (Phi) is 3.77. The van der Waals surface area contributed by atoms with E-state index in [1.807, 2.05) is 13.8 Å². The van der Waals surface area contributed by atoms with Crippen LogP contribution in [0.3, 0.4) is 0 Å². The van der Waals surface area contributed by atoms with E-state index < -0.39 is 0 Å². The smallest absolute Gasteiger partial charge is 0.257 e. The van der Waals surface area contributed by atoms with Gasteiger partial charge in [0.1, 0.15) is 0 Å². The van der Waals surface area contributed by atoms with E-state index in [-0.39, 0.29) is 11.9 Å². The van der Waals surface area contributed by atoms with E-state index in [2.05, 4.69) is 0 Å². The zero-order valence-corrected chi connectivity index (χ0v) is 10.2. The highest BCUT2D eigenvalue weighted by atomic mass is 16.5. The summed E-state index contributed by atoms with van der Waals surface area (Å²) in [7, 11) is 3.27. The number of nitrogen functional groups attached to an aromatic ring is 1. The number of para-hydroxylation sites is 1. The molecule has 0 spiro atoms. The van der Waals surface area contributed by atoms with Crippen LogP contribution in [-0.2, 0) is 0 Å². The molecule has 0 radical (unpaired) electrons. The summed E-state index contributed by atoms with van der Waals surface area (Å²) in [5, 5.41) is 0. The Bertz CT molecular complexity index is 389. The molecule has 0 saturated heterocycles.